The van der Waals surface area contributed by atoms with Crippen molar-refractivity contribution in [2.24, 2.45) is 5.73 Å². The molecule has 1 atom stereocenters. The van der Waals surface area contributed by atoms with E-state index in [1.165, 1.54) is 27.4 Å². The van der Waals surface area contributed by atoms with Crippen molar-refractivity contribution in [2.75, 3.05) is 50.5 Å². The van der Waals surface area contributed by atoms with Gasteiger partial charge in [0.25, 0.3) is 0 Å². The lowest BCUT2D eigenvalue weighted by Gasteiger charge is -2.41. The van der Waals surface area contributed by atoms with E-state index in [1.807, 2.05) is 36.1 Å². The SMILES string of the molecule is Cc1ccccc1N1CCN(C(=O)Cc2ccc(OC3CCN(S(C)(=O)=O)CC3)cc2OCC(F)(F)F)C(C(N)=O)C1. The van der Waals surface area contributed by atoms with Gasteiger partial charge < -0.3 is 25.0 Å². The molecule has 4 rings (SSSR count). The summed E-state index contributed by atoms with van der Waals surface area (Å²) >= 11 is 0. The Morgan fingerprint density at radius 1 is 1.05 bits per heavy atom. The topological polar surface area (TPSA) is 122 Å². The molecule has 1 unspecified atom stereocenters. The van der Waals surface area contributed by atoms with Crippen LogP contribution in [0.2, 0.25) is 0 Å². The number of anilines is 1. The zero-order valence-electron chi connectivity index (χ0n) is 23.5. The summed E-state index contributed by atoms with van der Waals surface area (Å²) in [4.78, 5) is 29.1. The third kappa shape index (κ3) is 8.06. The number of rotatable bonds is 9. The van der Waals surface area contributed by atoms with Gasteiger partial charge in [-0.1, -0.05) is 24.3 Å². The number of hydrogen-bond donors (Lipinski definition) is 1. The molecule has 2 aliphatic heterocycles. The second-order valence-corrected chi connectivity index (χ2v) is 12.5. The third-order valence-corrected chi connectivity index (χ3v) is 8.73. The zero-order valence-corrected chi connectivity index (χ0v) is 24.3. The van der Waals surface area contributed by atoms with E-state index in [9.17, 15) is 31.2 Å². The highest BCUT2D eigenvalue weighted by Crippen LogP contribution is 2.31. The number of piperidine rings is 1. The van der Waals surface area contributed by atoms with E-state index in [1.54, 1.807) is 0 Å². The van der Waals surface area contributed by atoms with Crippen LogP contribution in [-0.2, 0) is 26.0 Å². The second kappa shape index (κ2) is 12.8. The first-order valence-corrected chi connectivity index (χ1v) is 15.4. The molecule has 2 amide bonds. The molecule has 2 N–H and O–H groups in total. The Labute approximate surface area is 243 Å². The summed E-state index contributed by atoms with van der Waals surface area (Å²) in [6.07, 6.45) is -3.31. The molecule has 14 heteroatoms. The molecular formula is C28H35F3N4O6S. The molecule has 2 fully saturated rings. The summed E-state index contributed by atoms with van der Waals surface area (Å²) in [6.45, 7) is 1.76. The summed E-state index contributed by atoms with van der Waals surface area (Å²) in [5, 5.41) is 0. The van der Waals surface area contributed by atoms with Gasteiger partial charge in [0.05, 0.1) is 12.7 Å². The number of alkyl halides is 3. The van der Waals surface area contributed by atoms with Gasteiger partial charge in [0.15, 0.2) is 6.61 Å². The Morgan fingerprint density at radius 3 is 2.36 bits per heavy atom. The Bertz CT molecular complexity index is 1400. The van der Waals surface area contributed by atoms with Crippen LogP contribution < -0.4 is 20.1 Å². The summed E-state index contributed by atoms with van der Waals surface area (Å²) in [5.74, 6) is -1.08. The number of carbonyl (C=O) groups excluding carboxylic acids is 2. The largest absolute Gasteiger partial charge is 0.490 e. The minimum atomic E-state index is -4.61. The van der Waals surface area contributed by atoms with Crippen molar-refractivity contribution in [3.8, 4) is 11.5 Å². The quantitative estimate of drug-likeness (QED) is 0.462. The number of halogens is 3. The molecular weight excluding hydrogens is 577 g/mol. The molecule has 2 aromatic rings. The molecule has 0 bridgehead atoms. The van der Waals surface area contributed by atoms with E-state index >= 15 is 0 Å². The fourth-order valence-electron chi connectivity index (χ4n) is 5.25. The maximum atomic E-state index is 13.4. The average molecular weight is 613 g/mol. The lowest BCUT2D eigenvalue weighted by molar-refractivity contribution is -0.153. The minimum absolute atomic E-state index is 0.166. The van der Waals surface area contributed by atoms with Gasteiger partial charge in [-0.2, -0.15) is 13.2 Å². The van der Waals surface area contributed by atoms with Gasteiger partial charge in [-0.15, -0.1) is 0 Å². The standard InChI is InChI=1S/C28H35F3N4O6S/c1-19-5-3-4-6-23(19)33-13-14-35(24(17-33)27(32)37)26(36)15-20-7-8-22(16-25(20)40-18-28(29,30)31)41-21-9-11-34(12-10-21)42(2,38)39/h3-8,16,21,24H,9-15,17-18H2,1-2H3,(H2,32,37). The highest BCUT2D eigenvalue weighted by Gasteiger charge is 2.35. The van der Waals surface area contributed by atoms with E-state index in [-0.39, 0.29) is 55.8 Å². The Kier molecular flexibility index (Phi) is 9.56. The Hall–Kier alpha value is -3.52. The van der Waals surface area contributed by atoms with Gasteiger partial charge in [0.2, 0.25) is 21.8 Å². The highest BCUT2D eigenvalue weighted by molar-refractivity contribution is 7.88. The Morgan fingerprint density at radius 2 is 1.74 bits per heavy atom. The molecule has 2 aromatic carbocycles. The van der Waals surface area contributed by atoms with Crippen LogP contribution >= 0.6 is 0 Å². The first-order chi connectivity index (χ1) is 19.7. The molecule has 0 spiro atoms. The maximum Gasteiger partial charge on any atom is 0.422 e. The monoisotopic (exact) mass is 612 g/mol. The van der Waals surface area contributed by atoms with E-state index in [0.717, 1.165) is 17.5 Å². The average Bonchev–Trinajstić information content (AvgIpc) is 2.92. The van der Waals surface area contributed by atoms with Crippen LogP contribution in [0.3, 0.4) is 0 Å². The van der Waals surface area contributed by atoms with Gasteiger partial charge in [-0.3, -0.25) is 9.59 Å². The highest BCUT2D eigenvalue weighted by atomic mass is 32.2. The predicted octanol–water partition coefficient (Wildman–Crippen LogP) is 2.48. The zero-order chi connectivity index (χ0) is 30.7. The van der Waals surface area contributed by atoms with Crippen LogP contribution in [0.4, 0.5) is 18.9 Å². The molecule has 0 aromatic heterocycles. The third-order valence-electron chi connectivity index (χ3n) is 7.43. The van der Waals surface area contributed by atoms with Gasteiger partial charge in [-0.05, 0) is 37.5 Å². The smallest absolute Gasteiger partial charge is 0.422 e. The molecule has 2 aliphatic rings. The maximum absolute atomic E-state index is 13.4. The number of primary amides is 1. The molecule has 2 heterocycles. The number of nitrogens with zero attached hydrogens (tertiary/aromatic N) is 3. The number of benzene rings is 2. The van der Waals surface area contributed by atoms with Crippen LogP contribution in [0.15, 0.2) is 42.5 Å². The van der Waals surface area contributed by atoms with Gasteiger partial charge >= 0.3 is 6.18 Å². The number of nitrogens with two attached hydrogens (primary N) is 1. The number of hydrogen-bond acceptors (Lipinski definition) is 7. The fraction of sp³-hybridized carbons (Fsp3) is 0.500. The lowest BCUT2D eigenvalue weighted by Crippen LogP contribution is -2.60. The van der Waals surface area contributed by atoms with Crippen molar-refractivity contribution in [2.45, 2.75) is 44.5 Å². The van der Waals surface area contributed by atoms with Gasteiger partial charge in [-0.25, -0.2) is 12.7 Å². The van der Waals surface area contributed by atoms with Gasteiger partial charge in [0, 0.05) is 50.0 Å². The molecule has 2 saturated heterocycles. The van der Waals surface area contributed by atoms with E-state index in [2.05, 4.69) is 0 Å². The fourth-order valence-corrected chi connectivity index (χ4v) is 6.12. The molecule has 0 saturated carbocycles. The van der Waals surface area contributed by atoms with Crippen molar-refractivity contribution in [3.63, 3.8) is 0 Å². The predicted molar refractivity (Wildman–Crippen MR) is 150 cm³/mol. The number of ether oxygens (including phenoxy) is 2. The molecule has 0 aliphatic carbocycles. The summed E-state index contributed by atoms with van der Waals surface area (Å²) in [5.41, 5.74) is 7.81. The number of carbonyl (C=O) groups is 2. The Balaban J connectivity index is 1.48. The van der Waals surface area contributed by atoms with Crippen molar-refractivity contribution in [1.29, 1.82) is 0 Å². The van der Waals surface area contributed by atoms with Crippen molar-refractivity contribution >= 4 is 27.5 Å². The van der Waals surface area contributed by atoms with Crippen LogP contribution in [-0.4, -0.2) is 93.3 Å². The second-order valence-electron chi connectivity index (χ2n) is 10.6. The normalized spacial score (nSPS) is 19.0. The minimum Gasteiger partial charge on any atom is -0.490 e. The van der Waals surface area contributed by atoms with Gasteiger partial charge in [0.1, 0.15) is 23.6 Å². The van der Waals surface area contributed by atoms with E-state index in [0.29, 0.717) is 19.4 Å². The molecule has 0 radical (unpaired) electrons. The summed E-state index contributed by atoms with van der Waals surface area (Å²) in [7, 11) is -3.32. The molecule has 230 valence electrons. The first-order valence-electron chi connectivity index (χ1n) is 13.5. The van der Waals surface area contributed by atoms with Crippen LogP contribution in [0, 0.1) is 6.92 Å². The molecule has 42 heavy (non-hydrogen) atoms. The van der Waals surface area contributed by atoms with Crippen molar-refractivity contribution in [1.82, 2.24) is 9.21 Å². The summed E-state index contributed by atoms with van der Waals surface area (Å²) < 4.78 is 75.0. The summed E-state index contributed by atoms with van der Waals surface area (Å²) in [6, 6.07) is 11.0. The number of aryl methyl sites for hydroxylation is 1. The lowest BCUT2D eigenvalue weighted by atomic mass is 10.0. The first kappa shape index (κ1) is 31.4. The van der Waals surface area contributed by atoms with E-state index in [4.69, 9.17) is 15.2 Å². The number of para-hydroxylation sites is 1. The van der Waals surface area contributed by atoms with Crippen LogP contribution in [0.25, 0.3) is 0 Å². The number of amides is 2. The van der Waals surface area contributed by atoms with Crippen molar-refractivity contribution in [3.05, 3.63) is 53.6 Å². The van der Waals surface area contributed by atoms with Crippen LogP contribution in [0.1, 0.15) is 24.0 Å². The molecule has 10 nitrogen and oxygen atoms in total. The number of sulfonamides is 1. The number of piperazine rings is 1. The van der Waals surface area contributed by atoms with E-state index < -0.39 is 40.7 Å². The van der Waals surface area contributed by atoms with Crippen LogP contribution in [0.5, 0.6) is 11.5 Å². The van der Waals surface area contributed by atoms with Crippen molar-refractivity contribution < 1.29 is 40.7 Å².